The number of aliphatic hydroxyl groups is 1. The van der Waals surface area contributed by atoms with Gasteiger partial charge in [0.05, 0.1) is 11.4 Å². The molecular weight excluding hydrogens is 403 g/mol. The predicted octanol–water partition coefficient (Wildman–Crippen LogP) is 2.86. The Morgan fingerprint density at radius 1 is 1.20 bits per heavy atom. The Morgan fingerprint density at radius 3 is 2.60 bits per heavy atom. The molecular formula is C20H22F3N3O4. The lowest BCUT2D eigenvalue weighted by molar-refractivity contribution is -0.274. The molecule has 0 bridgehead atoms. The topological polar surface area (TPSA) is 70.5 Å². The van der Waals surface area contributed by atoms with E-state index in [0.717, 1.165) is 5.56 Å². The fraction of sp³-hybridized carbons (Fsp3) is 0.450. The van der Waals surface area contributed by atoms with E-state index in [2.05, 4.69) is 4.74 Å². The molecule has 0 saturated carbocycles. The van der Waals surface area contributed by atoms with E-state index in [1.54, 1.807) is 22.6 Å². The normalized spacial score (nSPS) is 20.7. The summed E-state index contributed by atoms with van der Waals surface area (Å²) in [6, 6.07) is 5.69. The van der Waals surface area contributed by atoms with Crippen molar-refractivity contribution >= 4 is 11.6 Å². The van der Waals surface area contributed by atoms with E-state index in [0.29, 0.717) is 35.6 Å². The lowest BCUT2D eigenvalue weighted by Gasteiger charge is -2.20. The molecule has 10 heteroatoms. The second-order valence-corrected chi connectivity index (χ2v) is 7.41. The Kier molecular flexibility index (Phi) is 4.94. The lowest BCUT2D eigenvalue weighted by Crippen LogP contribution is -2.36. The molecule has 7 nitrogen and oxygen atoms in total. The number of carbonyl (C=O) groups is 1. The fourth-order valence-corrected chi connectivity index (χ4v) is 4.20. The largest absolute Gasteiger partial charge is 0.573 e. The number of fused-ring (bicyclic) bond motifs is 2. The third kappa shape index (κ3) is 3.39. The summed E-state index contributed by atoms with van der Waals surface area (Å²) in [6.07, 6.45) is -5.05. The summed E-state index contributed by atoms with van der Waals surface area (Å²) in [5.74, 6) is -0.569. The molecule has 1 N–H and O–H groups in total. The van der Waals surface area contributed by atoms with Gasteiger partial charge in [0.1, 0.15) is 11.4 Å². The zero-order valence-corrected chi connectivity index (χ0v) is 16.7. The maximum absolute atomic E-state index is 13.3. The van der Waals surface area contributed by atoms with E-state index in [-0.39, 0.29) is 30.7 Å². The van der Waals surface area contributed by atoms with Crippen molar-refractivity contribution in [2.45, 2.75) is 32.2 Å². The van der Waals surface area contributed by atoms with Crippen molar-refractivity contribution < 1.29 is 32.5 Å². The molecule has 1 amide bonds. The zero-order valence-electron chi connectivity index (χ0n) is 16.7. The summed E-state index contributed by atoms with van der Waals surface area (Å²) in [4.78, 5) is 16.8. The Balaban J connectivity index is 1.80. The third-order valence-electron chi connectivity index (χ3n) is 5.45. The highest BCUT2D eigenvalue weighted by molar-refractivity contribution is 6.02. The monoisotopic (exact) mass is 425 g/mol. The number of nitrogens with zero attached hydrogens (tertiary/aromatic N) is 3. The summed E-state index contributed by atoms with van der Waals surface area (Å²) >= 11 is 0. The number of benzene rings is 1. The molecule has 2 aromatic rings. The van der Waals surface area contributed by atoms with Crippen molar-refractivity contribution in [3.05, 3.63) is 35.5 Å². The summed E-state index contributed by atoms with van der Waals surface area (Å²) in [5.41, 5.74) is 2.99. The molecule has 0 aliphatic carbocycles. The first-order chi connectivity index (χ1) is 14.1. The highest BCUT2D eigenvalue weighted by Gasteiger charge is 2.53. The minimum atomic E-state index is -4.79. The van der Waals surface area contributed by atoms with E-state index >= 15 is 0 Å². The number of epoxide rings is 1. The smallest absolute Gasteiger partial charge is 0.406 e. The van der Waals surface area contributed by atoms with Crippen LogP contribution in [0.5, 0.6) is 5.75 Å². The van der Waals surface area contributed by atoms with Crippen LogP contribution in [0.1, 0.15) is 22.5 Å². The van der Waals surface area contributed by atoms with Crippen LogP contribution >= 0.6 is 0 Å². The molecule has 2 aliphatic rings. The Hall–Kier alpha value is -2.72. The Morgan fingerprint density at radius 2 is 1.93 bits per heavy atom. The van der Waals surface area contributed by atoms with Crippen LogP contribution in [0, 0.1) is 6.92 Å². The number of amides is 1. The fourth-order valence-electron chi connectivity index (χ4n) is 4.20. The van der Waals surface area contributed by atoms with Crippen molar-refractivity contribution in [3.8, 4) is 17.0 Å². The molecule has 4 rings (SSSR count). The van der Waals surface area contributed by atoms with Crippen molar-refractivity contribution in [3.63, 3.8) is 0 Å². The van der Waals surface area contributed by atoms with Gasteiger partial charge in [-0.2, -0.15) is 0 Å². The van der Waals surface area contributed by atoms with Gasteiger partial charge >= 0.3 is 6.36 Å². The molecule has 162 valence electrons. The minimum absolute atomic E-state index is 0.0483. The quantitative estimate of drug-likeness (QED) is 0.746. The Labute approximate surface area is 171 Å². The van der Waals surface area contributed by atoms with E-state index < -0.39 is 6.36 Å². The van der Waals surface area contributed by atoms with Gasteiger partial charge in [-0.25, -0.2) is 0 Å². The maximum Gasteiger partial charge on any atom is 0.573 e. The standard InChI is InChI=1S/C20H22F3N3O4/c1-11-14(12-6-4-7-13(10-12)30-20(21,22)23)24(2)16-15(11)25(3)18-19(29-18)26(17(16)28)8-5-9-27/h4,6-7,10,18-19,27H,5,8-9H2,1-3H3. The molecule has 30 heavy (non-hydrogen) atoms. The van der Waals surface area contributed by atoms with Gasteiger partial charge in [-0.05, 0) is 31.0 Å². The number of aliphatic hydroxyl groups excluding tert-OH is 1. The molecule has 2 unspecified atom stereocenters. The number of aromatic nitrogens is 1. The van der Waals surface area contributed by atoms with Crippen molar-refractivity contribution in [2.24, 2.45) is 7.05 Å². The Bertz CT molecular complexity index is 988. The number of rotatable bonds is 5. The van der Waals surface area contributed by atoms with Gasteiger partial charge in [0.2, 0.25) is 0 Å². The van der Waals surface area contributed by atoms with Gasteiger partial charge in [0, 0.05) is 32.8 Å². The summed E-state index contributed by atoms with van der Waals surface area (Å²) in [6.45, 7) is 2.13. The van der Waals surface area contributed by atoms with Crippen LogP contribution in [0.15, 0.2) is 24.3 Å². The number of hydrogen-bond donors (Lipinski definition) is 1. The van der Waals surface area contributed by atoms with Crippen LogP contribution in [-0.4, -0.2) is 59.5 Å². The first kappa shape index (κ1) is 20.5. The third-order valence-corrected chi connectivity index (χ3v) is 5.45. The van der Waals surface area contributed by atoms with Crippen LogP contribution < -0.4 is 9.64 Å². The number of ether oxygens (including phenoxy) is 2. The summed E-state index contributed by atoms with van der Waals surface area (Å²) in [7, 11) is 3.54. The average Bonchev–Trinajstić information content (AvgIpc) is 3.40. The van der Waals surface area contributed by atoms with Gasteiger partial charge < -0.3 is 28.9 Å². The maximum atomic E-state index is 13.3. The van der Waals surface area contributed by atoms with E-state index in [1.807, 2.05) is 18.9 Å². The van der Waals surface area contributed by atoms with Gasteiger partial charge in [0.15, 0.2) is 12.5 Å². The molecule has 0 radical (unpaired) electrons. The molecule has 1 aromatic carbocycles. The molecule has 1 fully saturated rings. The molecule has 3 heterocycles. The first-order valence-corrected chi connectivity index (χ1v) is 9.49. The predicted molar refractivity (Wildman–Crippen MR) is 102 cm³/mol. The molecule has 0 spiro atoms. The highest BCUT2D eigenvalue weighted by Crippen LogP contribution is 2.45. The van der Waals surface area contributed by atoms with Crippen LogP contribution in [0.25, 0.3) is 11.3 Å². The lowest BCUT2D eigenvalue weighted by atomic mass is 10.1. The number of carbonyl (C=O) groups excluding carboxylic acids is 1. The van der Waals surface area contributed by atoms with Crippen LogP contribution in [-0.2, 0) is 11.8 Å². The number of alkyl halides is 3. The van der Waals surface area contributed by atoms with Gasteiger partial charge in [0.25, 0.3) is 5.91 Å². The second kappa shape index (κ2) is 7.21. The van der Waals surface area contributed by atoms with Gasteiger partial charge in [-0.3, -0.25) is 4.79 Å². The SMILES string of the molecule is Cc1c2c(n(C)c1-c1cccc(OC(F)(F)F)c1)C(=O)N(CCCO)C1OC1N2C. The number of likely N-dealkylation sites (N-methyl/N-ethyl adjacent to an activating group) is 1. The van der Waals surface area contributed by atoms with E-state index in [4.69, 9.17) is 4.74 Å². The molecule has 2 aliphatic heterocycles. The van der Waals surface area contributed by atoms with Crippen LogP contribution in [0.4, 0.5) is 18.9 Å². The van der Waals surface area contributed by atoms with E-state index in [1.165, 1.54) is 18.2 Å². The number of anilines is 1. The van der Waals surface area contributed by atoms with Crippen LogP contribution in [0.2, 0.25) is 0 Å². The average molecular weight is 425 g/mol. The summed E-state index contributed by atoms with van der Waals surface area (Å²) in [5, 5.41) is 9.17. The molecule has 2 atom stereocenters. The van der Waals surface area contributed by atoms with Crippen molar-refractivity contribution in [1.29, 1.82) is 0 Å². The van der Waals surface area contributed by atoms with Crippen molar-refractivity contribution in [2.75, 3.05) is 25.1 Å². The first-order valence-electron chi connectivity index (χ1n) is 9.49. The van der Waals surface area contributed by atoms with E-state index in [9.17, 15) is 23.1 Å². The van der Waals surface area contributed by atoms with Gasteiger partial charge in [-0.1, -0.05) is 12.1 Å². The van der Waals surface area contributed by atoms with Crippen molar-refractivity contribution in [1.82, 2.24) is 9.47 Å². The van der Waals surface area contributed by atoms with Gasteiger partial charge in [-0.15, -0.1) is 13.2 Å². The molecule has 1 saturated heterocycles. The summed E-state index contributed by atoms with van der Waals surface area (Å²) < 4.78 is 49.4. The number of hydrogen-bond acceptors (Lipinski definition) is 5. The second-order valence-electron chi connectivity index (χ2n) is 7.41. The highest BCUT2D eigenvalue weighted by atomic mass is 19.4. The number of halogens is 3. The minimum Gasteiger partial charge on any atom is -0.406 e. The zero-order chi connectivity index (χ0) is 21.8. The molecule has 1 aromatic heterocycles. The van der Waals surface area contributed by atoms with Crippen LogP contribution in [0.3, 0.4) is 0 Å².